The Morgan fingerprint density at radius 3 is 2.13 bits per heavy atom. The number of benzene rings is 2. The molecule has 3 nitrogen and oxygen atoms in total. The van der Waals surface area contributed by atoms with Crippen LogP contribution in [0, 0.1) is 0 Å². The van der Waals surface area contributed by atoms with E-state index in [0.717, 1.165) is 25.1 Å². The van der Waals surface area contributed by atoms with E-state index in [9.17, 15) is 4.79 Å². The van der Waals surface area contributed by atoms with Gasteiger partial charge in [0.1, 0.15) is 0 Å². The third-order valence-electron chi connectivity index (χ3n) is 5.86. The fourth-order valence-electron chi connectivity index (χ4n) is 4.00. The molecule has 164 valence electrons. The predicted octanol–water partition coefficient (Wildman–Crippen LogP) is 7.04. The van der Waals surface area contributed by atoms with Crippen LogP contribution in [-0.4, -0.2) is 5.91 Å². The number of amides is 1. The zero-order valence-electron chi connectivity index (χ0n) is 19.0. The molecule has 1 aromatic heterocycles. The lowest BCUT2D eigenvalue weighted by Gasteiger charge is -2.06. The molecule has 0 saturated carbocycles. The summed E-state index contributed by atoms with van der Waals surface area (Å²) in [6.07, 6.45) is 16.4. The highest BCUT2D eigenvalue weighted by atomic mass is 16.1. The number of aromatic nitrogens is 1. The van der Waals surface area contributed by atoms with Gasteiger partial charge in [0.15, 0.2) is 18.9 Å². The Labute approximate surface area is 187 Å². The van der Waals surface area contributed by atoms with E-state index in [2.05, 4.69) is 71.7 Å². The van der Waals surface area contributed by atoms with Crippen LogP contribution in [-0.2, 0) is 11.3 Å². The van der Waals surface area contributed by atoms with Crippen LogP contribution >= 0.6 is 0 Å². The summed E-state index contributed by atoms with van der Waals surface area (Å²) < 4.78 is 2.19. The minimum atomic E-state index is 0.125. The molecule has 1 amide bonds. The van der Waals surface area contributed by atoms with Gasteiger partial charge in [-0.1, -0.05) is 88.6 Å². The van der Waals surface area contributed by atoms with Gasteiger partial charge in [0.2, 0.25) is 5.91 Å². The van der Waals surface area contributed by atoms with Crippen molar-refractivity contribution < 1.29 is 9.36 Å². The van der Waals surface area contributed by atoms with Crippen molar-refractivity contribution in [1.82, 2.24) is 0 Å². The highest BCUT2D eigenvalue weighted by molar-refractivity contribution is 5.90. The summed E-state index contributed by atoms with van der Waals surface area (Å²) >= 11 is 0. The van der Waals surface area contributed by atoms with Gasteiger partial charge in [0, 0.05) is 29.1 Å². The van der Waals surface area contributed by atoms with Gasteiger partial charge in [-0.05, 0) is 30.0 Å². The number of carbonyl (C=O) groups is 1. The van der Waals surface area contributed by atoms with E-state index in [1.54, 1.807) is 0 Å². The predicted molar refractivity (Wildman–Crippen MR) is 130 cm³/mol. The van der Waals surface area contributed by atoms with Crippen molar-refractivity contribution in [3.05, 3.63) is 72.6 Å². The maximum absolute atomic E-state index is 12.2. The number of hydrogen-bond acceptors (Lipinski definition) is 1. The number of hydrogen-bond donors (Lipinski definition) is 1. The minimum absolute atomic E-state index is 0.125. The fraction of sp³-hybridized carbons (Fsp3) is 0.429. The van der Waals surface area contributed by atoms with E-state index in [0.29, 0.717) is 6.42 Å². The Kier molecular flexibility index (Phi) is 9.56. The quantitative estimate of drug-likeness (QED) is 0.235. The molecule has 0 aliphatic carbocycles. The average molecular weight is 418 g/mol. The molecular weight excluding hydrogens is 380 g/mol. The van der Waals surface area contributed by atoms with Crippen LogP contribution in [0.5, 0.6) is 0 Å². The lowest BCUT2D eigenvalue weighted by atomic mass is 10.1. The third kappa shape index (κ3) is 8.16. The second-order valence-electron chi connectivity index (χ2n) is 8.57. The van der Waals surface area contributed by atoms with Crippen molar-refractivity contribution in [2.45, 2.75) is 77.7 Å². The Morgan fingerprint density at radius 2 is 1.42 bits per heavy atom. The number of fused-ring (bicyclic) bond motifs is 1. The number of nitrogens with one attached hydrogen (secondary N) is 1. The number of pyridine rings is 1. The van der Waals surface area contributed by atoms with Gasteiger partial charge >= 0.3 is 0 Å². The van der Waals surface area contributed by atoms with Gasteiger partial charge in [0.05, 0.1) is 0 Å². The van der Waals surface area contributed by atoms with Gasteiger partial charge < -0.3 is 5.32 Å². The van der Waals surface area contributed by atoms with Crippen molar-refractivity contribution in [3.8, 4) is 0 Å². The number of carbonyl (C=O) groups excluding carboxylic acids is 1. The molecule has 0 unspecified atom stereocenters. The summed E-state index contributed by atoms with van der Waals surface area (Å²) in [6, 6.07) is 18.7. The first-order valence-electron chi connectivity index (χ1n) is 12.0. The molecule has 0 saturated heterocycles. The maximum Gasteiger partial charge on any atom is 0.224 e. The van der Waals surface area contributed by atoms with Crippen molar-refractivity contribution in [3.63, 3.8) is 0 Å². The summed E-state index contributed by atoms with van der Waals surface area (Å²) in [6.45, 7) is 3.07. The van der Waals surface area contributed by atoms with Gasteiger partial charge in [-0.15, -0.1) is 0 Å². The number of anilines is 1. The number of unbranched alkanes of at least 4 members (excludes halogenated alkanes) is 8. The first-order chi connectivity index (χ1) is 15.2. The smallest absolute Gasteiger partial charge is 0.224 e. The second-order valence-corrected chi connectivity index (χ2v) is 8.57. The first kappa shape index (κ1) is 23.0. The van der Waals surface area contributed by atoms with E-state index in [4.69, 9.17) is 0 Å². The largest absolute Gasteiger partial charge is 0.326 e. The van der Waals surface area contributed by atoms with Crippen molar-refractivity contribution in [1.29, 1.82) is 0 Å². The van der Waals surface area contributed by atoms with Crippen LogP contribution in [0.3, 0.4) is 0 Å². The zero-order valence-corrected chi connectivity index (χ0v) is 19.0. The molecule has 0 spiro atoms. The monoisotopic (exact) mass is 417 g/mol. The third-order valence-corrected chi connectivity index (χ3v) is 5.86. The van der Waals surface area contributed by atoms with Crippen LogP contribution in [0.25, 0.3) is 10.8 Å². The van der Waals surface area contributed by atoms with Gasteiger partial charge in [-0.2, -0.15) is 0 Å². The molecular formula is C28H37N2O+. The summed E-state index contributed by atoms with van der Waals surface area (Å²) in [7, 11) is 0. The summed E-state index contributed by atoms with van der Waals surface area (Å²) in [5.74, 6) is 0.125. The van der Waals surface area contributed by atoms with E-state index >= 15 is 0 Å². The normalized spacial score (nSPS) is 11.0. The van der Waals surface area contributed by atoms with Gasteiger partial charge in [-0.25, -0.2) is 4.57 Å². The Hall–Kier alpha value is -2.68. The van der Waals surface area contributed by atoms with Gasteiger partial charge in [-0.3, -0.25) is 4.79 Å². The molecule has 0 bridgehead atoms. The van der Waals surface area contributed by atoms with Crippen LogP contribution in [0.4, 0.5) is 5.69 Å². The number of nitrogens with zero attached hydrogens (tertiary/aromatic N) is 1. The molecule has 0 aliphatic rings. The fourth-order valence-corrected chi connectivity index (χ4v) is 4.00. The van der Waals surface area contributed by atoms with E-state index < -0.39 is 0 Å². The molecule has 1 heterocycles. The first-order valence-corrected chi connectivity index (χ1v) is 12.0. The minimum Gasteiger partial charge on any atom is -0.326 e. The average Bonchev–Trinajstić information content (AvgIpc) is 2.79. The lowest BCUT2D eigenvalue weighted by Crippen LogP contribution is -2.33. The molecule has 0 atom stereocenters. The van der Waals surface area contributed by atoms with E-state index in [-0.39, 0.29) is 5.91 Å². The molecule has 0 radical (unpaired) electrons. The molecule has 3 aromatic rings. The summed E-state index contributed by atoms with van der Waals surface area (Å²) in [5, 5.41) is 5.53. The van der Waals surface area contributed by atoms with E-state index in [1.165, 1.54) is 61.3 Å². The topological polar surface area (TPSA) is 33.0 Å². The maximum atomic E-state index is 12.2. The standard InChI is InChI=1S/C28H36N2O/c1-2-3-4-5-6-7-8-9-10-15-28(31)29-27-18-16-24(17-19-27)22-30-21-20-25-13-11-12-14-26(25)23-30/h11-14,16-21,23H,2-10,15,22H2,1H3/p+1. The summed E-state index contributed by atoms with van der Waals surface area (Å²) in [5.41, 5.74) is 2.10. The highest BCUT2D eigenvalue weighted by Crippen LogP contribution is 2.14. The SMILES string of the molecule is CCCCCCCCCCCC(=O)Nc1ccc(C[n+]2ccc3ccccc3c2)cc1. The molecule has 31 heavy (non-hydrogen) atoms. The van der Waals surface area contributed by atoms with Crippen LogP contribution in [0.1, 0.15) is 76.7 Å². The van der Waals surface area contributed by atoms with Gasteiger partial charge in [0.25, 0.3) is 0 Å². The lowest BCUT2D eigenvalue weighted by molar-refractivity contribution is -0.687. The Morgan fingerprint density at radius 1 is 0.774 bits per heavy atom. The van der Waals surface area contributed by atoms with Crippen molar-refractivity contribution in [2.24, 2.45) is 0 Å². The Bertz CT molecular complexity index is 933. The van der Waals surface area contributed by atoms with Crippen LogP contribution < -0.4 is 9.88 Å². The molecule has 0 fully saturated rings. The number of rotatable bonds is 13. The molecule has 3 rings (SSSR count). The molecule has 2 aromatic carbocycles. The highest BCUT2D eigenvalue weighted by Gasteiger charge is 2.06. The molecule has 3 heteroatoms. The Balaban J connectivity index is 1.35. The van der Waals surface area contributed by atoms with Crippen LogP contribution in [0.15, 0.2) is 67.0 Å². The van der Waals surface area contributed by atoms with E-state index in [1.807, 2.05) is 12.1 Å². The molecule has 1 N–H and O–H groups in total. The second kappa shape index (κ2) is 12.9. The van der Waals surface area contributed by atoms with Crippen molar-refractivity contribution in [2.75, 3.05) is 5.32 Å². The van der Waals surface area contributed by atoms with Crippen LogP contribution in [0.2, 0.25) is 0 Å². The molecule has 0 aliphatic heterocycles. The zero-order chi connectivity index (χ0) is 21.7. The van der Waals surface area contributed by atoms with Crippen molar-refractivity contribution >= 4 is 22.4 Å². The summed E-state index contributed by atoms with van der Waals surface area (Å²) in [4.78, 5) is 12.2.